The molecule has 18 heavy (non-hydrogen) atoms. The van der Waals surface area contributed by atoms with Crippen molar-refractivity contribution in [1.82, 2.24) is 4.57 Å². The lowest BCUT2D eigenvalue weighted by atomic mass is 10.1. The predicted molar refractivity (Wildman–Crippen MR) is 62.2 cm³/mol. The van der Waals surface area contributed by atoms with Crippen molar-refractivity contribution in [3.8, 4) is 0 Å². The van der Waals surface area contributed by atoms with Crippen LogP contribution in [-0.2, 0) is 6.54 Å². The van der Waals surface area contributed by atoms with Crippen molar-refractivity contribution < 1.29 is 19.4 Å². The molecule has 1 aromatic heterocycles. The Kier molecular flexibility index (Phi) is 3.12. The average Bonchev–Trinajstić information content (AvgIpc) is 2.32. The van der Waals surface area contributed by atoms with Gasteiger partial charge in [-0.05, 0) is 18.2 Å². The van der Waals surface area contributed by atoms with Gasteiger partial charge in [-0.25, -0.2) is 9.18 Å². The van der Waals surface area contributed by atoms with Gasteiger partial charge in [0, 0.05) is 18.1 Å². The van der Waals surface area contributed by atoms with Crippen LogP contribution in [0.2, 0.25) is 0 Å². The molecule has 0 saturated heterocycles. The maximum atomic E-state index is 13.1. The zero-order chi connectivity index (χ0) is 13.3. The highest BCUT2D eigenvalue weighted by molar-refractivity contribution is 5.92. The highest BCUT2D eigenvalue weighted by Gasteiger charge is 2.14. The summed E-state index contributed by atoms with van der Waals surface area (Å²) in [4.78, 5) is 22.8. The molecule has 0 saturated carbocycles. The highest BCUT2D eigenvalue weighted by atomic mass is 19.1. The maximum Gasteiger partial charge on any atom is 0.341 e. The number of hydrogen-bond acceptors (Lipinski definition) is 3. The van der Waals surface area contributed by atoms with Gasteiger partial charge in [0.15, 0.2) is 0 Å². The second kappa shape index (κ2) is 4.58. The van der Waals surface area contributed by atoms with Gasteiger partial charge in [-0.15, -0.1) is 0 Å². The lowest BCUT2D eigenvalue weighted by molar-refractivity contribution is 0.0694. The summed E-state index contributed by atoms with van der Waals surface area (Å²) >= 11 is 0. The first-order chi connectivity index (χ1) is 8.54. The van der Waals surface area contributed by atoms with E-state index < -0.39 is 22.8 Å². The number of carbonyl (C=O) groups is 1. The molecule has 5 nitrogen and oxygen atoms in total. The Morgan fingerprint density at radius 3 is 2.72 bits per heavy atom. The Morgan fingerprint density at radius 1 is 1.39 bits per heavy atom. The fourth-order valence-corrected chi connectivity index (χ4v) is 1.81. The van der Waals surface area contributed by atoms with Crippen LogP contribution in [0.15, 0.2) is 29.2 Å². The van der Waals surface area contributed by atoms with Crippen molar-refractivity contribution in [2.24, 2.45) is 0 Å². The molecule has 6 heteroatoms. The number of aliphatic hydroxyl groups excluding tert-OH is 1. The predicted octanol–water partition coefficient (Wildman–Crippen LogP) is 0.831. The summed E-state index contributed by atoms with van der Waals surface area (Å²) in [6.07, 6.45) is 1.15. The molecule has 2 N–H and O–H groups in total. The summed E-state index contributed by atoms with van der Waals surface area (Å²) < 4.78 is 14.5. The Morgan fingerprint density at radius 2 is 2.11 bits per heavy atom. The van der Waals surface area contributed by atoms with Crippen LogP contribution in [0.1, 0.15) is 10.4 Å². The SMILES string of the molecule is O=C(O)c1cn(CCO)c2ccc(F)cc2c1=O. The minimum atomic E-state index is -1.38. The van der Waals surface area contributed by atoms with Gasteiger partial charge in [0.1, 0.15) is 11.4 Å². The Labute approximate surface area is 101 Å². The molecule has 0 amide bonds. The number of aromatic nitrogens is 1. The zero-order valence-electron chi connectivity index (χ0n) is 9.26. The molecule has 0 spiro atoms. The lowest BCUT2D eigenvalue weighted by Crippen LogP contribution is -2.19. The summed E-state index contributed by atoms with van der Waals surface area (Å²) in [5.41, 5.74) is -0.784. The standard InChI is InChI=1S/C12H10FNO4/c13-7-1-2-10-8(5-7)11(16)9(12(17)18)6-14(10)3-4-15/h1-2,5-6,15H,3-4H2,(H,17,18). The maximum absolute atomic E-state index is 13.1. The number of rotatable bonds is 3. The zero-order valence-corrected chi connectivity index (χ0v) is 9.26. The van der Waals surface area contributed by atoms with E-state index in [1.807, 2.05) is 0 Å². The van der Waals surface area contributed by atoms with Crippen LogP contribution in [0.3, 0.4) is 0 Å². The molecule has 2 rings (SSSR count). The van der Waals surface area contributed by atoms with Gasteiger partial charge < -0.3 is 14.8 Å². The van der Waals surface area contributed by atoms with Crippen molar-refractivity contribution >= 4 is 16.9 Å². The minimum Gasteiger partial charge on any atom is -0.477 e. The van der Waals surface area contributed by atoms with E-state index in [2.05, 4.69) is 0 Å². The van der Waals surface area contributed by atoms with Crippen LogP contribution in [0, 0.1) is 5.82 Å². The van der Waals surface area contributed by atoms with E-state index in [0.717, 1.165) is 12.3 Å². The van der Waals surface area contributed by atoms with Gasteiger partial charge in [-0.2, -0.15) is 0 Å². The van der Waals surface area contributed by atoms with Crippen molar-refractivity contribution in [2.45, 2.75) is 6.54 Å². The second-order valence-electron chi connectivity index (χ2n) is 3.76. The van der Waals surface area contributed by atoms with Gasteiger partial charge in [0.05, 0.1) is 12.1 Å². The van der Waals surface area contributed by atoms with Crippen LogP contribution in [0.4, 0.5) is 4.39 Å². The smallest absolute Gasteiger partial charge is 0.341 e. The monoisotopic (exact) mass is 251 g/mol. The van der Waals surface area contributed by atoms with Gasteiger partial charge in [0.2, 0.25) is 5.43 Å². The molecule has 0 aliphatic rings. The molecule has 0 aliphatic heterocycles. The Hall–Kier alpha value is -2.21. The van der Waals surface area contributed by atoms with Crippen LogP contribution in [0.25, 0.3) is 10.9 Å². The van der Waals surface area contributed by atoms with E-state index >= 15 is 0 Å². The summed E-state index contributed by atoms with van der Waals surface area (Å²) in [7, 11) is 0. The van der Waals surface area contributed by atoms with Gasteiger partial charge >= 0.3 is 5.97 Å². The Bertz CT molecular complexity index is 678. The summed E-state index contributed by atoms with van der Waals surface area (Å²) in [5.74, 6) is -1.99. The number of fused-ring (bicyclic) bond motifs is 1. The van der Waals surface area contributed by atoms with E-state index in [4.69, 9.17) is 10.2 Å². The van der Waals surface area contributed by atoms with Crippen LogP contribution < -0.4 is 5.43 Å². The average molecular weight is 251 g/mol. The molecule has 1 aromatic carbocycles. The first-order valence-corrected chi connectivity index (χ1v) is 5.21. The minimum absolute atomic E-state index is 0.0108. The van der Waals surface area contributed by atoms with Crippen LogP contribution in [-0.4, -0.2) is 27.4 Å². The number of benzene rings is 1. The molecule has 0 fully saturated rings. The summed E-state index contributed by atoms with van der Waals surface area (Å²) in [6, 6.07) is 3.56. The highest BCUT2D eigenvalue weighted by Crippen LogP contribution is 2.13. The molecule has 0 radical (unpaired) electrons. The number of aliphatic hydroxyl groups is 1. The molecule has 0 unspecified atom stereocenters. The number of pyridine rings is 1. The van der Waals surface area contributed by atoms with E-state index in [-0.39, 0.29) is 18.5 Å². The van der Waals surface area contributed by atoms with Gasteiger partial charge in [0.25, 0.3) is 0 Å². The third-order valence-electron chi connectivity index (χ3n) is 2.61. The van der Waals surface area contributed by atoms with Gasteiger partial charge in [-0.3, -0.25) is 4.79 Å². The lowest BCUT2D eigenvalue weighted by Gasteiger charge is -2.10. The van der Waals surface area contributed by atoms with E-state index in [1.165, 1.54) is 16.7 Å². The van der Waals surface area contributed by atoms with E-state index in [0.29, 0.717) is 5.52 Å². The molecule has 0 aliphatic carbocycles. The third-order valence-corrected chi connectivity index (χ3v) is 2.61. The normalized spacial score (nSPS) is 10.8. The van der Waals surface area contributed by atoms with Crippen LogP contribution >= 0.6 is 0 Å². The number of carboxylic acids is 1. The van der Waals surface area contributed by atoms with E-state index in [9.17, 15) is 14.0 Å². The Balaban J connectivity index is 2.87. The number of halogens is 1. The number of hydrogen-bond donors (Lipinski definition) is 2. The quantitative estimate of drug-likeness (QED) is 0.846. The first-order valence-electron chi connectivity index (χ1n) is 5.21. The summed E-state index contributed by atoms with van der Waals surface area (Å²) in [5, 5.41) is 17.8. The van der Waals surface area contributed by atoms with Crippen molar-refractivity contribution in [1.29, 1.82) is 0 Å². The third kappa shape index (κ3) is 1.98. The first kappa shape index (κ1) is 12.3. The topological polar surface area (TPSA) is 79.5 Å². The number of carboxylic acid groups (broad SMARTS) is 1. The summed E-state index contributed by atoms with van der Waals surface area (Å²) in [6.45, 7) is -0.0862. The van der Waals surface area contributed by atoms with Crippen LogP contribution in [0.5, 0.6) is 0 Å². The largest absolute Gasteiger partial charge is 0.477 e. The van der Waals surface area contributed by atoms with Crippen molar-refractivity contribution in [2.75, 3.05) is 6.61 Å². The number of nitrogens with zero attached hydrogens (tertiary/aromatic N) is 1. The molecular formula is C12H10FNO4. The fraction of sp³-hybridized carbons (Fsp3) is 0.167. The fourth-order valence-electron chi connectivity index (χ4n) is 1.81. The van der Waals surface area contributed by atoms with Crippen molar-refractivity contribution in [3.05, 3.63) is 46.0 Å². The molecule has 0 atom stereocenters. The van der Waals surface area contributed by atoms with Crippen molar-refractivity contribution in [3.63, 3.8) is 0 Å². The van der Waals surface area contributed by atoms with E-state index in [1.54, 1.807) is 0 Å². The molecule has 94 valence electrons. The molecular weight excluding hydrogens is 241 g/mol. The second-order valence-corrected chi connectivity index (χ2v) is 3.76. The molecule has 0 bridgehead atoms. The molecule has 2 aromatic rings. The number of aromatic carboxylic acids is 1. The van der Waals surface area contributed by atoms with Gasteiger partial charge in [-0.1, -0.05) is 0 Å². The molecule has 1 heterocycles.